The predicted octanol–water partition coefficient (Wildman–Crippen LogP) is -3.52. The fourth-order valence-corrected chi connectivity index (χ4v) is 0. The van der Waals surface area contributed by atoms with E-state index in [1.807, 2.05) is 0 Å². The second kappa shape index (κ2) is 10.0. The summed E-state index contributed by atoms with van der Waals surface area (Å²) in [7, 11) is -2.17. The zero-order chi connectivity index (χ0) is 3.58. The Kier molecular flexibility index (Phi) is 26.2. The minimum absolute atomic E-state index is 0. The predicted molar refractivity (Wildman–Crippen MR) is 23.2 cm³/mol. The fraction of sp³-hybridized carbons (Fsp3) is 0. The molecule has 0 aromatic carbocycles. The van der Waals surface area contributed by atoms with Gasteiger partial charge in [0.05, 0.1) is 0 Å². The molecule has 0 radical (unpaired) electrons. The molecule has 6 heteroatoms. The fourth-order valence-electron chi connectivity index (χ4n) is 0. The van der Waals surface area contributed by atoms with Gasteiger partial charge in [0, 0.05) is 0 Å². The summed E-state index contributed by atoms with van der Waals surface area (Å²) in [5, 5.41) is 21.5. The Morgan fingerprint density at radius 3 is 1.00 bits per heavy atom. The first kappa shape index (κ1) is 15.7. The molecular formula is H6BCsO4. The molecule has 0 bridgehead atoms. The SMILES string of the molecule is O.OB(O)O.[CsH]. The van der Waals surface area contributed by atoms with Crippen LogP contribution in [0.4, 0.5) is 0 Å². The average molecular weight is 214 g/mol. The van der Waals surface area contributed by atoms with Crippen LogP contribution in [0.2, 0.25) is 0 Å². The molecule has 0 aliphatic rings. The van der Waals surface area contributed by atoms with Gasteiger partial charge in [0.25, 0.3) is 0 Å². The molecule has 34 valence electrons. The van der Waals surface area contributed by atoms with Gasteiger partial charge in [-0.05, 0) is 0 Å². The maximum absolute atomic E-state index is 7.17. The zero-order valence-corrected chi connectivity index (χ0v) is 2.42. The van der Waals surface area contributed by atoms with E-state index in [1.54, 1.807) is 0 Å². The van der Waals surface area contributed by atoms with Crippen molar-refractivity contribution < 1.29 is 20.5 Å². The van der Waals surface area contributed by atoms with Crippen molar-refractivity contribution in [3.63, 3.8) is 0 Å². The van der Waals surface area contributed by atoms with Crippen LogP contribution in [-0.4, -0.2) is 96.8 Å². The molecule has 0 fully saturated rings. The van der Waals surface area contributed by atoms with Crippen molar-refractivity contribution in [2.24, 2.45) is 0 Å². The third-order valence-electron chi connectivity index (χ3n) is 0. The van der Waals surface area contributed by atoms with Crippen LogP contribution < -0.4 is 0 Å². The van der Waals surface area contributed by atoms with E-state index < -0.39 is 7.32 Å². The van der Waals surface area contributed by atoms with Crippen LogP contribution >= 0.6 is 0 Å². The number of rotatable bonds is 0. The Hall–Kier alpha value is 1.96. The van der Waals surface area contributed by atoms with Gasteiger partial charge in [0.1, 0.15) is 0 Å². The Balaban J connectivity index is -0.0000000450. The van der Waals surface area contributed by atoms with Gasteiger partial charge in [-0.2, -0.15) is 0 Å². The van der Waals surface area contributed by atoms with Gasteiger partial charge in [0.2, 0.25) is 0 Å². The average Bonchev–Trinajstić information content (AvgIpc) is 0.811. The molecule has 0 aliphatic carbocycles. The molecule has 0 unspecified atom stereocenters. The molecule has 6 heavy (non-hydrogen) atoms. The van der Waals surface area contributed by atoms with E-state index in [0.29, 0.717) is 0 Å². The second-order valence-electron chi connectivity index (χ2n) is 0.346. The third kappa shape index (κ3) is 38.2. The molecule has 0 amide bonds. The Morgan fingerprint density at radius 1 is 1.00 bits per heavy atom. The Bertz CT molecular complexity index is 12.3. The molecule has 0 saturated heterocycles. The summed E-state index contributed by atoms with van der Waals surface area (Å²) < 4.78 is 0. The molecule has 0 atom stereocenters. The molecule has 0 rings (SSSR count). The maximum atomic E-state index is 7.17. The van der Waals surface area contributed by atoms with Gasteiger partial charge in [-0.3, -0.25) is 0 Å². The van der Waals surface area contributed by atoms with Gasteiger partial charge >= 0.3 is 76.2 Å². The van der Waals surface area contributed by atoms with Crippen molar-refractivity contribution in [3.8, 4) is 0 Å². The first-order valence-corrected chi connectivity index (χ1v) is 0.775. The summed E-state index contributed by atoms with van der Waals surface area (Å²) in [6.07, 6.45) is 0. The molecule has 0 aromatic rings. The molecule has 0 spiro atoms. The van der Waals surface area contributed by atoms with Crippen LogP contribution in [0.3, 0.4) is 0 Å². The van der Waals surface area contributed by atoms with E-state index in [9.17, 15) is 0 Å². The summed E-state index contributed by atoms with van der Waals surface area (Å²) in [6.45, 7) is 0. The topological polar surface area (TPSA) is 92.2 Å². The van der Waals surface area contributed by atoms with Crippen LogP contribution in [0.1, 0.15) is 0 Å². The van der Waals surface area contributed by atoms with Crippen LogP contribution in [0, 0.1) is 0 Å². The van der Waals surface area contributed by atoms with E-state index in [0.717, 1.165) is 0 Å². The van der Waals surface area contributed by atoms with Gasteiger partial charge < -0.3 is 20.5 Å². The standard InChI is InChI=1S/BH3O3.Cs.H2O.H/c2-1(3)4;;;/h2-4H;;1H2;. The van der Waals surface area contributed by atoms with E-state index >= 15 is 0 Å². The summed E-state index contributed by atoms with van der Waals surface area (Å²) in [5.41, 5.74) is 0. The quantitative estimate of drug-likeness (QED) is 0.365. The van der Waals surface area contributed by atoms with E-state index in [2.05, 4.69) is 0 Å². The van der Waals surface area contributed by atoms with E-state index in [4.69, 9.17) is 15.1 Å². The summed E-state index contributed by atoms with van der Waals surface area (Å²) in [4.78, 5) is 0. The van der Waals surface area contributed by atoms with Crippen molar-refractivity contribution in [2.75, 3.05) is 0 Å². The van der Waals surface area contributed by atoms with Gasteiger partial charge in [-0.1, -0.05) is 0 Å². The van der Waals surface area contributed by atoms with Crippen molar-refractivity contribution in [1.29, 1.82) is 0 Å². The first-order chi connectivity index (χ1) is 1.73. The number of hydrogen-bond acceptors (Lipinski definition) is 3. The van der Waals surface area contributed by atoms with Crippen molar-refractivity contribution in [3.05, 3.63) is 0 Å². The summed E-state index contributed by atoms with van der Waals surface area (Å²) in [6, 6.07) is 0. The molecule has 0 aromatic heterocycles. The Labute approximate surface area is 94.5 Å². The van der Waals surface area contributed by atoms with Crippen molar-refractivity contribution >= 4 is 76.2 Å². The minimum atomic E-state index is -2.17. The molecule has 0 saturated carbocycles. The molecule has 0 heterocycles. The van der Waals surface area contributed by atoms with Crippen LogP contribution in [-0.2, 0) is 0 Å². The summed E-state index contributed by atoms with van der Waals surface area (Å²) >= 11 is 0. The van der Waals surface area contributed by atoms with Crippen molar-refractivity contribution in [2.45, 2.75) is 0 Å². The van der Waals surface area contributed by atoms with E-state index in [-0.39, 0.29) is 74.4 Å². The van der Waals surface area contributed by atoms with Crippen LogP contribution in [0.15, 0.2) is 0 Å². The number of hydrogen-bond donors (Lipinski definition) is 3. The van der Waals surface area contributed by atoms with Crippen molar-refractivity contribution in [1.82, 2.24) is 0 Å². The first-order valence-electron chi connectivity index (χ1n) is 0.775. The van der Waals surface area contributed by atoms with Gasteiger partial charge in [-0.25, -0.2) is 0 Å². The second-order valence-corrected chi connectivity index (χ2v) is 0.346. The third-order valence-corrected chi connectivity index (χ3v) is 0. The van der Waals surface area contributed by atoms with E-state index in [1.165, 1.54) is 0 Å². The van der Waals surface area contributed by atoms with Crippen LogP contribution in [0.5, 0.6) is 0 Å². The monoisotopic (exact) mass is 214 g/mol. The van der Waals surface area contributed by atoms with Gasteiger partial charge in [0.15, 0.2) is 0 Å². The Morgan fingerprint density at radius 2 is 1.00 bits per heavy atom. The molecule has 0 aliphatic heterocycles. The molecule has 5 N–H and O–H groups in total. The normalized spacial score (nSPS) is 4.50. The molecule has 4 nitrogen and oxygen atoms in total. The molecular weight excluding hydrogens is 208 g/mol. The van der Waals surface area contributed by atoms with Crippen LogP contribution in [0.25, 0.3) is 0 Å². The zero-order valence-electron chi connectivity index (χ0n) is 2.42. The summed E-state index contributed by atoms with van der Waals surface area (Å²) in [5.74, 6) is 0. The van der Waals surface area contributed by atoms with Gasteiger partial charge in [-0.15, -0.1) is 0 Å².